The third-order valence-corrected chi connectivity index (χ3v) is 4.43. The largest absolute Gasteiger partial charge is 0.355 e. The molecule has 0 aliphatic heterocycles. The fraction of sp³-hybridized carbons (Fsp3) is 0.714. The van der Waals surface area contributed by atoms with Crippen LogP contribution >= 0.6 is 11.8 Å². The Labute approximate surface area is 135 Å². The highest BCUT2D eigenvalue weighted by Crippen LogP contribution is 2.13. The lowest BCUT2D eigenvalue weighted by Crippen LogP contribution is -2.33. The van der Waals surface area contributed by atoms with Gasteiger partial charge >= 0.3 is 0 Å². The van der Waals surface area contributed by atoms with Gasteiger partial charge in [-0.05, 0) is 19.3 Å². The van der Waals surface area contributed by atoms with E-state index in [1.165, 1.54) is 12.8 Å². The van der Waals surface area contributed by atoms with Crippen LogP contribution in [0.3, 0.4) is 0 Å². The second kappa shape index (κ2) is 9.45. The van der Waals surface area contributed by atoms with E-state index in [0.717, 1.165) is 29.3 Å². The molecule has 3 N–H and O–H groups in total. The number of nitrogens with one attached hydrogen (secondary N) is 1. The van der Waals surface area contributed by atoms with E-state index in [1.807, 2.05) is 0 Å². The molecule has 1 aromatic rings. The standard InChI is InChI=1S/C14H25N5O2S/c1-4-6-7-11(5-2)8-16-12(20)9-22-14-18-17-10(3)13(21)19(14)15/h11H,4-9,15H2,1-3H3,(H,16,20)/t11-/m0/s1. The molecule has 0 saturated carbocycles. The summed E-state index contributed by atoms with van der Waals surface area (Å²) in [6, 6.07) is 0. The highest BCUT2D eigenvalue weighted by atomic mass is 32.2. The lowest BCUT2D eigenvalue weighted by atomic mass is 9.99. The molecular weight excluding hydrogens is 302 g/mol. The Morgan fingerprint density at radius 3 is 2.77 bits per heavy atom. The number of nitrogens with zero attached hydrogens (tertiary/aromatic N) is 3. The minimum absolute atomic E-state index is 0.0882. The van der Waals surface area contributed by atoms with Crippen LogP contribution < -0.4 is 16.7 Å². The van der Waals surface area contributed by atoms with Crippen molar-refractivity contribution in [2.24, 2.45) is 5.92 Å². The molecule has 1 rings (SSSR count). The van der Waals surface area contributed by atoms with Crippen LogP contribution in [0.15, 0.2) is 9.95 Å². The molecule has 1 atom stereocenters. The molecule has 22 heavy (non-hydrogen) atoms. The molecule has 1 aromatic heterocycles. The number of nitrogen functional groups attached to an aromatic ring is 1. The number of nitrogens with two attached hydrogens (primary N) is 1. The third kappa shape index (κ3) is 5.67. The maximum Gasteiger partial charge on any atom is 0.294 e. The van der Waals surface area contributed by atoms with E-state index in [0.29, 0.717) is 12.5 Å². The molecule has 0 saturated heterocycles. The van der Waals surface area contributed by atoms with E-state index in [2.05, 4.69) is 29.4 Å². The first-order valence-corrected chi connectivity index (χ1v) is 8.59. The molecule has 124 valence electrons. The first-order valence-electron chi connectivity index (χ1n) is 7.60. The summed E-state index contributed by atoms with van der Waals surface area (Å²) in [5.74, 6) is 6.21. The highest BCUT2D eigenvalue weighted by molar-refractivity contribution is 7.99. The lowest BCUT2D eigenvalue weighted by molar-refractivity contribution is -0.118. The monoisotopic (exact) mass is 327 g/mol. The van der Waals surface area contributed by atoms with E-state index in [4.69, 9.17) is 5.84 Å². The zero-order chi connectivity index (χ0) is 16.5. The van der Waals surface area contributed by atoms with Gasteiger partial charge < -0.3 is 11.2 Å². The molecule has 7 nitrogen and oxygen atoms in total. The molecule has 0 radical (unpaired) electrons. The maximum absolute atomic E-state index is 11.9. The predicted octanol–water partition coefficient (Wildman–Crippen LogP) is 1.09. The number of aryl methyl sites for hydroxylation is 1. The van der Waals surface area contributed by atoms with Gasteiger partial charge in [0, 0.05) is 6.54 Å². The smallest absolute Gasteiger partial charge is 0.294 e. The number of unbranched alkanes of at least 4 members (excludes halogenated alkanes) is 1. The summed E-state index contributed by atoms with van der Waals surface area (Å²) in [7, 11) is 0. The molecule has 8 heteroatoms. The average molecular weight is 327 g/mol. The Kier molecular flexibility index (Phi) is 7.94. The number of amides is 1. The van der Waals surface area contributed by atoms with Crippen molar-refractivity contribution in [3.05, 3.63) is 16.0 Å². The minimum atomic E-state index is -0.400. The van der Waals surface area contributed by atoms with Crippen molar-refractivity contribution >= 4 is 17.7 Å². The number of rotatable bonds is 9. The molecule has 0 fully saturated rings. The Morgan fingerprint density at radius 2 is 2.14 bits per heavy atom. The summed E-state index contributed by atoms with van der Waals surface area (Å²) < 4.78 is 0.927. The van der Waals surface area contributed by atoms with Gasteiger partial charge in [-0.2, -0.15) is 4.68 Å². The van der Waals surface area contributed by atoms with E-state index in [9.17, 15) is 9.59 Å². The fourth-order valence-electron chi connectivity index (χ4n) is 1.95. The second-order valence-corrected chi connectivity index (χ2v) is 6.19. The van der Waals surface area contributed by atoms with Crippen LogP contribution in [-0.2, 0) is 4.79 Å². The molecule has 0 aliphatic carbocycles. The summed E-state index contributed by atoms with van der Waals surface area (Å²) in [5.41, 5.74) is -0.165. The minimum Gasteiger partial charge on any atom is -0.355 e. The Bertz CT molecular complexity index is 547. The van der Waals surface area contributed by atoms with Crippen LogP contribution in [0.4, 0.5) is 0 Å². The Balaban J connectivity index is 2.43. The second-order valence-electron chi connectivity index (χ2n) is 5.25. The molecule has 0 spiro atoms. The number of hydrogen-bond donors (Lipinski definition) is 2. The number of carbonyl (C=O) groups excluding carboxylic acids is 1. The molecule has 1 heterocycles. The predicted molar refractivity (Wildman–Crippen MR) is 88.2 cm³/mol. The van der Waals surface area contributed by atoms with Crippen LogP contribution in [-0.4, -0.2) is 33.1 Å². The maximum atomic E-state index is 11.9. The summed E-state index contributed by atoms with van der Waals surface area (Å²) in [5, 5.41) is 10.7. The number of thioether (sulfide) groups is 1. The van der Waals surface area contributed by atoms with Crippen molar-refractivity contribution < 1.29 is 4.79 Å². The summed E-state index contributed by atoms with van der Waals surface area (Å²) in [6.07, 6.45) is 4.54. The molecule has 0 unspecified atom stereocenters. The van der Waals surface area contributed by atoms with Crippen molar-refractivity contribution in [2.75, 3.05) is 18.1 Å². The van der Waals surface area contributed by atoms with Gasteiger partial charge in [0.15, 0.2) is 0 Å². The third-order valence-electron chi connectivity index (χ3n) is 3.48. The number of carbonyl (C=O) groups is 1. The van der Waals surface area contributed by atoms with E-state index in [1.54, 1.807) is 6.92 Å². The van der Waals surface area contributed by atoms with Crippen molar-refractivity contribution in [3.63, 3.8) is 0 Å². The zero-order valence-corrected chi connectivity index (χ0v) is 14.3. The Morgan fingerprint density at radius 1 is 1.41 bits per heavy atom. The molecular formula is C14H25N5O2S. The molecule has 1 amide bonds. The van der Waals surface area contributed by atoms with E-state index in [-0.39, 0.29) is 22.5 Å². The van der Waals surface area contributed by atoms with Crippen molar-refractivity contribution in [1.29, 1.82) is 0 Å². The van der Waals surface area contributed by atoms with Crippen molar-refractivity contribution in [2.45, 2.75) is 51.6 Å². The van der Waals surface area contributed by atoms with Crippen LogP contribution in [0.25, 0.3) is 0 Å². The van der Waals surface area contributed by atoms with Crippen molar-refractivity contribution in [3.8, 4) is 0 Å². The molecule has 0 aromatic carbocycles. The summed E-state index contributed by atoms with van der Waals surface area (Å²) >= 11 is 1.11. The van der Waals surface area contributed by atoms with Gasteiger partial charge in [-0.1, -0.05) is 44.9 Å². The topological polar surface area (TPSA) is 103 Å². The Hall–Kier alpha value is -1.57. The van der Waals surface area contributed by atoms with Crippen LogP contribution in [0.2, 0.25) is 0 Å². The van der Waals surface area contributed by atoms with Gasteiger partial charge in [0.25, 0.3) is 5.56 Å². The first kappa shape index (κ1) is 18.5. The van der Waals surface area contributed by atoms with Gasteiger partial charge in [-0.3, -0.25) is 9.59 Å². The van der Waals surface area contributed by atoms with Crippen LogP contribution in [0, 0.1) is 12.8 Å². The fourth-order valence-corrected chi connectivity index (χ4v) is 2.63. The van der Waals surface area contributed by atoms with E-state index < -0.39 is 5.56 Å². The molecule has 0 bridgehead atoms. The summed E-state index contributed by atoms with van der Waals surface area (Å²) in [6.45, 7) is 6.53. The zero-order valence-electron chi connectivity index (χ0n) is 13.5. The number of aromatic nitrogens is 3. The van der Waals surface area contributed by atoms with E-state index >= 15 is 0 Å². The van der Waals surface area contributed by atoms with Gasteiger partial charge in [0.05, 0.1) is 5.75 Å². The van der Waals surface area contributed by atoms with Crippen molar-refractivity contribution in [1.82, 2.24) is 20.2 Å². The van der Waals surface area contributed by atoms with Gasteiger partial charge in [-0.15, -0.1) is 10.2 Å². The first-order chi connectivity index (χ1) is 10.5. The highest BCUT2D eigenvalue weighted by Gasteiger charge is 2.12. The van der Waals surface area contributed by atoms with Gasteiger partial charge in [0.1, 0.15) is 5.69 Å². The quantitative estimate of drug-likeness (QED) is 0.520. The average Bonchev–Trinajstić information content (AvgIpc) is 2.52. The summed E-state index contributed by atoms with van der Waals surface area (Å²) in [4.78, 5) is 23.5. The SMILES string of the molecule is CCCC[C@H](CC)CNC(=O)CSc1nnc(C)c(=O)n1N. The number of hydrogen-bond acceptors (Lipinski definition) is 6. The molecule has 0 aliphatic rings. The normalized spacial score (nSPS) is 12.1. The van der Waals surface area contributed by atoms with Gasteiger partial charge in [0.2, 0.25) is 11.1 Å². The van der Waals surface area contributed by atoms with Gasteiger partial charge in [-0.25, -0.2) is 0 Å². The van der Waals surface area contributed by atoms with Crippen LogP contribution in [0.1, 0.15) is 45.2 Å². The lowest BCUT2D eigenvalue weighted by Gasteiger charge is -2.15. The van der Waals surface area contributed by atoms with Crippen LogP contribution in [0.5, 0.6) is 0 Å².